The molecule has 0 atom stereocenters. The fraction of sp³-hybridized carbons (Fsp3) is 0.154. The van der Waals surface area contributed by atoms with Gasteiger partial charge in [-0.05, 0) is 29.6 Å². The van der Waals surface area contributed by atoms with E-state index >= 15 is 0 Å². The van der Waals surface area contributed by atoms with Crippen LogP contribution >= 0.6 is 0 Å². The van der Waals surface area contributed by atoms with Gasteiger partial charge in [-0.2, -0.15) is 0 Å². The van der Waals surface area contributed by atoms with Gasteiger partial charge in [-0.25, -0.2) is 0 Å². The van der Waals surface area contributed by atoms with E-state index < -0.39 is 0 Å². The quantitative estimate of drug-likeness (QED) is 0.530. The summed E-state index contributed by atoms with van der Waals surface area (Å²) < 4.78 is 0. The highest BCUT2D eigenvalue weighted by Gasteiger charge is 2.10. The lowest BCUT2D eigenvalue weighted by atomic mass is 9.90. The summed E-state index contributed by atoms with van der Waals surface area (Å²) in [6.45, 7) is 1.94. The van der Waals surface area contributed by atoms with Crippen molar-refractivity contribution in [1.29, 1.82) is 0 Å². The number of ketones is 1. The predicted molar refractivity (Wildman–Crippen MR) is 63.6 cm³/mol. The molecule has 0 aromatic heterocycles. The van der Waals surface area contributed by atoms with Crippen LogP contribution in [0.5, 0.6) is 0 Å². The largest absolute Gasteiger partial charge is 0.295 e. The average molecular weight is 194 g/mol. The van der Waals surface area contributed by atoms with Crippen LogP contribution in [0.3, 0.4) is 0 Å². The van der Waals surface area contributed by atoms with Gasteiger partial charge in [0.05, 0.1) is 7.85 Å². The second-order valence-electron chi connectivity index (χ2n) is 3.61. The van der Waals surface area contributed by atoms with Gasteiger partial charge in [0.1, 0.15) is 0 Å². The van der Waals surface area contributed by atoms with E-state index in [9.17, 15) is 4.79 Å². The van der Waals surface area contributed by atoms with Gasteiger partial charge in [0.2, 0.25) is 0 Å². The van der Waals surface area contributed by atoms with Crippen LogP contribution in [-0.2, 0) is 0 Å². The number of rotatable bonds is 2. The minimum atomic E-state index is 0.00398. The summed E-state index contributed by atoms with van der Waals surface area (Å²) in [5, 5.41) is 2.08. The minimum Gasteiger partial charge on any atom is -0.295 e. The van der Waals surface area contributed by atoms with Crippen LogP contribution in [0.25, 0.3) is 10.8 Å². The van der Waals surface area contributed by atoms with Gasteiger partial charge in [-0.3, -0.25) is 4.79 Å². The first kappa shape index (κ1) is 9.97. The molecule has 0 bridgehead atoms. The Morgan fingerprint density at radius 3 is 2.67 bits per heavy atom. The summed E-state index contributed by atoms with van der Waals surface area (Å²) in [6.07, 6.45) is 0.0643. The van der Waals surface area contributed by atoms with Crippen LogP contribution in [0.4, 0.5) is 0 Å². The zero-order valence-electron chi connectivity index (χ0n) is 8.66. The molecule has 0 amide bonds. The molecule has 72 valence electrons. The van der Waals surface area contributed by atoms with E-state index in [1.54, 1.807) is 0 Å². The molecule has 2 heteroatoms. The van der Waals surface area contributed by atoms with Gasteiger partial charge in [0.25, 0.3) is 0 Å². The molecule has 2 rings (SSSR count). The highest BCUT2D eigenvalue weighted by molar-refractivity contribution is 6.26. The molecule has 0 saturated heterocycles. The predicted octanol–water partition coefficient (Wildman–Crippen LogP) is 2.92. The lowest BCUT2D eigenvalue weighted by molar-refractivity contribution is 0.101. The standard InChI is InChI=1S/C13H11BO/c1-9-6-7-10-4-2-3-5-11(10)13(9)12(15)8-14/h2-7H,8H2,1H3. The molecule has 2 radical (unpaired) electrons. The Bertz CT molecular complexity index is 517. The molecule has 0 fully saturated rings. The molecular formula is C13H11BO. The summed E-state index contributed by atoms with van der Waals surface area (Å²) in [5.41, 5.74) is 1.75. The maximum atomic E-state index is 11.7. The van der Waals surface area contributed by atoms with Crippen molar-refractivity contribution in [3.8, 4) is 0 Å². The van der Waals surface area contributed by atoms with Crippen molar-refractivity contribution in [1.82, 2.24) is 0 Å². The van der Waals surface area contributed by atoms with Crippen LogP contribution < -0.4 is 0 Å². The smallest absolute Gasteiger partial charge is 0.155 e. The van der Waals surface area contributed by atoms with E-state index in [1.807, 2.05) is 43.3 Å². The van der Waals surface area contributed by atoms with Crippen molar-refractivity contribution in [3.05, 3.63) is 47.5 Å². The van der Waals surface area contributed by atoms with E-state index in [2.05, 4.69) is 0 Å². The monoisotopic (exact) mass is 194 g/mol. The molecule has 0 aliphatic carbocycles. The summed E-state index contributed by atoms with van der Waals surface area (Å²) in [4.78, 5) is 11.7. The fourth-order valence-electron chi connectivity index (χ4n) is 1.85. The molecule has 0 heterocycles. The second-order valence-corrected chi connectivity index (χ2v) is 3.61. The summed E-state index contributed by atoms with van der Waals surface area (Å²) >= 11 is 0. The third-order valence-electron chi connectivity index (χ3n) is 2.60. The molecule has 2 aromatic rings. The average Bonchev–Trinajstić information content (AvgIpc) is 2.28. The second kappa shape index (κ2) is 3.89. The van der Waals surface area contributed by atoms with Crippen molar-refractivity contribution < 1.29 is 4.79 Å². The third-order valence-corrected chi connectivity index (χ3v) is 2.60. The molecule has 0 unspecified atom stereocenters. The number of hydrogen-bond acceptors (Lipinski definition) is 1. The van der Waals surface area contributed by atoms with Crippen LogP contribution in [-0.4, -0.2) is 13.6 Å². The zero-order chi connectivity index (χ0) is 10.8. The normalized spacial score (nSPS) is 10.5. The first-order valence-electron chi connectivity index (χ1n) is 4.95. The van der Waals surface area contributed by atoms with E-state index in [0.29, 0.717) is 0 Å². The van der Waals surface area contributed by atoms with Crippen LogP contribution in [0.2, 0.25) is 6.32 Å². The third kappa shape index (κ3) is 1.67. The molecule has 15 heavy (non-hydrogen) atoms. The van der Waals surface area contributed by atoms with Crippen LogP contribution in [0.15, 0.2) is 36.4 Å². The number of carbonyl (C=O) groups excluding carboxylic acids is 1. The Kier molecular flexibility index (Phi) is 2.59. The molecular weight excluding hydrogens is 183 g/mol. The van der Waals surface area contributed by atoms with Crippen LogP contribution in [0.1, 0.15) is 15.9 Å². The van der Waals surface area contributed by atoms with Gasteiger partial charge in [-0.15, -0.1) is 0 Å². The van der Waals surface area contributed by atoms with Crippen LogP contribution in [0, 0.1) is 6.92 Å². The van der Waals surface area contributed by atoms with E-state index in [0.717, 1.165) is 21.9 Å². The van der Waals surface area contributed by atoms with Gasteiger partial charge in [0.15, 0.2) is 5.78 Å². The number of carbonyl (C=O) groups is 1. The Morgan fingerprint density at radius 2 is 1.93 bits per heavy atom. The van der Waals surface area contributed by atoms with Gasteiger partial charge in [0, 0.05) is 5.56 Å². The maximum absolute atomic E-state index is 11.7. The molecule has 0 aliphatic rings. The van der Waals surface area contributed by atoms with E-state index in [-0.39, 0.29) is 12.1 Å². The summed E-state index contributed by atoms with van der Waals surface area (Å²) in [7, 11) is 5.41. The van der Waals surface area contributed by atoms with Gasteiger partial charge < -0.3 is 0 Å². The maximum Gasteiger partial charge on any atom is 0.155 e. The van der Waals surface area contributed by atoms with Crippen molar-refractivity contribution in [2.24, 2.45) is 0 Å². The fourth-order valence-corrected chi connectivity index (χ4v) is 1.85. The Hall–Kier alpha value is -1.57. The van der Waals surface area contributed by atoms with Crippen molar-refractivity contribution in [3.63, 3.8) is 0 Å². The number of fused-ring (bicyclic) bond motifs is 1. The Balaban J connectivity index is 2.79. The lowest BCUT2D eigenvalue weighted by Gasteiger charge is -2.08. The highest BCUT2D eigenvalue weighted by Crippen LogP contribution is 2.23. The minimum absolute atomic E-state index is 0.00398. The molecule has 2 aromatic carbocycles. The summed E-state index contributed by atoms with van der Waals surface area (Å²) in [5.74, 6) is 0.00398. The van der Waals surface area contributed by atoms with Crippen molar-refractivity contribution >= 4 is 24.4 Å². The first-order valence-corrected chi connectivity index (χ1v) is 4.95. The van der Waals surface area contributed by atoms with Gasteiger partial charge in [-0.1, -0.05) is 36.4 Å². The number of aryl methyl sites for hydroxylation is 1. The zero-order valence-corrected chi connectivity index (χ0v) is 8.66. The summed E-state index contributed by atoms with van der Waals surface area (Å²) in [6, 6.07) is 11.9. The number of Topliss-reactive ketones (excluding diaryl/α,β-unsaturated/α-hetero) is 1. The molecule has 0 spiro atoms. The van der Waals surface area contributed by atoms with E-state index in [4.69, 9.17) is 7.85 Å². The van der Waals surface area contributed by atoms with Crippen molar-refractivity contribution in [2.75, 3.05) is 0 Å². The lowest BCUT2D eigenvalue weighted by Crippen LogP contribution is -2.01. The number of benzene rings is 2. The molecule has 1 nitrogen and oxygen atoms in total. The SMILES string of the molecule is [B]CC(=O)c1c(C)ccc2ccccc12. The molecule has 0 N–H and O–H groups in total. The van der Waals surface area contributed by atoms with E-state index in [1.165, 1.54) is 0 Å². The number of hydrogen-bond donors (Lipinski definition) is 0. The topological polar surface area (TPSA) is 17.1 Å². The first-order chi connectivity index (χ1) is 7.24. The Morgan fingerprint density at radius 1 is 1.20 bits per heavy atom. The van der Waals surface area contributed by atoms with Gasteiger partial charge >= 0.3 is 0 Å². The Labute approximate surface area is 90.5 Å². The highest BCUT2D eigenvalue weighted by atomic mass is 16.1. The van der Waals surface area contributed by atoms with Crippen molar-refractivity contribution in [2.45, 2.75) is 13.2 Å². The molecule has 0 aliphatic heterocycles. The molecule has 0 saturated carbocycles.